The van der Waals surface area contributed by atoms with Gasteiger partial charge in [-0.1, -0.05) is 0 Å². The normalized spacial score (nSPS) is 9.67. The predicted molar refractivity (Wildman–Crippen MR) is 39.3 cm³/mol. The van der Waals surface area contributed by atoms with Crippen molar-refractivity contribution in [3.63, 3.8) is 0 Å². The van der Waals surface area contributed by atoms with E-state index in [1.54, 1.807) is 0 Å². The molecule has 0 aromatic rings. The van der Waals surface area contributed by atoms with E-state index >= 15 is 0 Å². The summed E-state index contributed by atoms with van der Waals surface area (Å²) in [5, 5.41) is 0. The molecule has 0 aliphatic heterocycles. The molecule has 0 aromatic carbocycles. The van der Waals surface area contributed by atoms with Crippen LogP contribution in [-0.2, 0) is 30.6 Å². The van der Waals surface area contributed by atoms with E-state index in [0.717, 1.165) is 0 Å². The average molecular weight is 154 g/mol. The standard InChI is InChI=1S/BHNS4/c3-1-2-6(4)5/h3H/q-1. The molecule has 6 heteroatoms. The molecule has 0 rings (SSSR count). The van der Waals surface area contributed by atoms with Crippen molar-refractivity contribution in [1.82, 2.24) is 0 Å². The molecule has 0 saturated heterocycles. The summed E-state index contributed by atoms with van der Waals surface area (Å²) in [7, 11) is -0.656. The first kappa shape index (κ1) is 7.00. The van der Waals surface area contributed by atoms with E-state index in [2.05, 4.69) is 39.2 Å². The molecule has 0 N–H and O–H groups in total. The zero-order chi connectivity index (χ0) is 4.99. The summed E-state index contributed by atoms with van der Waals surface area (Å²) in [5.74, 6) is 0. The van der Waals surface area contributed by atoms with E-state index < -0.39 is 8.20 Å². The van der Waals surface area contributed by atoms with Crippen LogP contribution < -0.4 is 0 Å². The summed E-state index contributed by atoms with van der Waals surface area (Å²) >= 11 is 12.6. The Labute approximate surface area is 53.8 Å². The molecule has 0 radical (unpaired) electrons. The summed E-state index contributed by atoms with van der Waals surface area (Å²) in [6, 6.07) is 0. The van der Waals surface area contributed by atoms with Crippen LogP contribution in [0.25, 0.3) is 0 Å². The van der Waals surface area contributed by atoms with Crippen LogP contribution in [0.1, 0.15) is 0 Å². The Morgan fingerprint density at radius 3 is 2.17 bits per heavy atom. The van der Waals surface area contributed by atoms with E-state index in [1.165, 1.54) is 6.35 Å². The van der Waals surface area contributed by atoms with Crippen LogP contribution in [0.4, 0.5) is 0 Å². The zero-order valence-corrected chi connectivity index (χ0v) is 6.04. The van der Waals surface area contributed by atoms with Gasteiger partial charge in [-0.05, 0) is 0 Å². The first-order valence-electron chi connectivity index (χ1n) is 1.03. The van der Waals surface area contributed by atoms with Gasteiger partial charge in [0, 0.05) is 0 Å². The topological polar surface area (TPSA) is 12.4 Å². The molecule has 0 fully saturated rings. The maximum atomic E-state index is 4.47. The number of hydrogen-bond acceptors (Lipinski definition) is 3. The van der Waals surface area contributed by atoms with Crippen molar-refractivity contribution in [2.45, 2.75) is 0 Å². The monoisotopic (exact) mass is 154 g/mol. The minimum atomic E-state index is -0.656. The molecule has 0 unspecified atom stereocenters. The summed E-state index contributed by atoms with van der Waals surface area (Å²) in [5.41, 5.74) is 0. The van der Waals surface area contributed by atoms with Crippen LogP contribution >= 0.6 is 12.5 Å². The van der Waals surface area contributed by atoms with Crippen molar-refractivity contribution < 1.29 is 0 Å². The van der Waals surface area contributed by atoms with Gasteiger partial charge in [-0.25, -0.2) is 0 Å². The van der Waals surface area contributed by atoms with Gasteiger partial charge in [-0.3, -0.25) is 0 Å². The van der Waals surface area contributed by atoms with E-state index in [1.807, 2.05) is 0 Å². The van der Waals surface area contributed by atoms with Crippen molar-refractivity contribution in [1.29, 1.82) is 0 Å². The predicted octanol–water partition coefficient (Wildman–Crippen LogP) is 0.176. The maximum absolute atomic E-state index is 4.47. The van der Waals surface area contributed by atoms with Crippen molar-refractivity contribution >= 4 is 49.4 Å². The average Bonchev–Trinajstić information content (AvgIpc) is 1.35. The van der Waals surface area contributed by atoms with Gasteiger partial charge in [0.05, 0.1) is 0 Å². The third-order valence-electron chi connectivity index (χ3n) is 0.133. The van der Waals surface area contributed by atoms with Crippen LogP contribution in [0, 0.1) is 0 Å². The fourth-order valence-electron chi connectivity index (χ4n) is 0.0385. The first-order chi connectivity index (χ1) is 2.77. The summed E-state index contributed by atoms with van der Waals surface area (Å²) in [6.07, 6.45) is 1.32. The fourth-order valence-corrected chi connectivity index (χ4v) is 1.04. The molecule has 0 aliphatic carbocycles. The van der Waals surface area contributed by atoms with E-state index in [-0.39, 0.29) is 0 Å². The van der Waals surface area contributed by atoms with Gasteiger partial charge < -0.3 is 0 Å². The molecule has 0 atom stereocenters. The molecule has 6 heavy (non-hydrogen) atoms. The molecule has 0 saturated carbocycles. The Morgan fingerprint density at radius 2 is 2.17 bits per heavy atom. The van der Waals surface area contributed by atoms with Crippen LogP contribution in [0.2, 0.25) is 0 Å². The molecule has 0 bridgehead atoms. The Balaban J connectivity index is 3.62. The van der Waals surface area contributed by atoms with Gasteiger partial charge >= 0.3 is 53.7 Å². The number of thiol groups is 1. The van der Waals surface area contributed by atoms with Crippen molar-refractivity contribution in [3.05, 3.63) is 0 Å². The number of rotatable bonds is 1. The fraction of sp³-hybridized carbons (Fsp3) is 0. The molecule has 0 aliphatic rings. The van der Waals surface area contributed by atoms with Gasteiger partial charge in [0.1, 0.15) is 0 Å². The summed E-state index contributed by atoms with van der Waals surface area (Å²) in [6.45, 7) is 0. The van der Waals surface area contributed by atoms with Crippen LogP contribution in [0.5, 0.6) is 0 Å². The Morgan fingerprint density at radius 1 is 1.67 bits per heavy atom. The molecule has 0 aromatic heterocycles. The minimum absolute atomic E-state index is 0.656. The van der Waals surface area contributed by atoms with E-state index in [4.69, 9.17) is 0 Å². The molecule has 0 amide bonds. The van der Waals surface area contributed by atoms with E-state index in [0.29, 0.717) is 0 Å². The molecular formula is HBNS4-. The van der Waals surface area contributed by atoms with Gasteiger partial charge in [0.25, 0.3) is 0 Å². The van der Waals surface area contributed by atoms with Crippen molar-refractivity contribution in [2.24, 2.45) is 4.30 Å². The van der Waals surface area contributed by atoms with Gasteiger partial charge in [0.2, 0.25) is 0 Å². The Hall–Kier alpha value is 1.00. The second-order valence-electron chi connectivity index (χ2n) is 0.438. The van der Waals surface area contributed by atoms with Crippen LogP contribution in [0.15, 0.2) is 4.30 Å². The molecule has 0 heterocycles. The second kappa shape index (κ2) is 4.17. The van der Waals surface area contributed by atoms with Crippen molar-refractivity contribution in [3.8, 4) is 0 Å². The SMILES string of the molecule is S=[S-](=S)N=BS. The van der Waals surface area contributed by atoms with Gasteiger partial charge in [0.15, 0.2) is 0 Å². The van der Waals surface area contributed by atoms with Crippen molar-refractivity contribution in [2.75, 3.05) is 0 Å². The van der Waals surface area contributed by atoms with Gasteiger partial charge in [-0.2, -0.15) is 0 Å². The van der Waals surface area contributed by atoms with Crippen LogP contribution in [-0.4, -0.2) is 6.35 Å². The number of nitrogens with zero attached hydrogens (tertiary/aromatic N) is 1. The third-order valence-corrected chi connectivity index (χ3v) is 1.20. The molecule has 1 nitrogen and oxygen atoms in total. The quantitative estimate of drug-likeness (QED) is 0.328. The zero-order valence-electron chi connectivity index (χ0n) is 2.70. The number of hydrogen-bond donors (Lipinski definition) is 1. The second-order valence-corrected chi connectivity index (χ2v) is 3.84. The Bertz CT molecular complexity index is 103. The summed E-state index contributed by atoms with van der Waals surface area (Å²) in [4.78, 5) is 0. The Kier molecular flexibility index (Phi) is 4.87. The third kappa shape index (κ3) is 5.00. The van der Waals surface area contributed by atoms with Crippen LogP contribution in [0.3, 0.4) is 0 Å². The molecular weight excluding hydrogens is 153 g/mol. The molecule has 0 spiro atoms. The van der Waals surface area contributed by atoms with Gasteiger partial charge in [-0.15, -0.1) is 0 Å². The summed E-state index contributed by atoms with van der Waals surface area (Å²) < 4.78 is 3.52. The first-order valence-corrected chi connectivity index (χ1v) is 4.58. The van der Waals surface area contributed by atoms with E-state index in [9.17, 15) is 0 Å². The molecule has 34 valence electrons.